The lowest BCUT2D eigenvalue weighted by atomic mass is 9.96. The van der Waals surface area contributed by atoms with Gasteiger partial charge in [-0.3, -0.25) is 9.36 Å². The summed E-state index contributed by atoms with van der Waals surface area (Å²) in [5.41, 5.74) is 2.36. The summed E-state index contributed by atoms with van der Waals surface area (Å²) < 4.78 is 24.7. The largest absolute Gasteiger partial charge is 0.496 e. The summed E-state index contributed by atoms with van der Waals surface area (Å²) in [4.78, 5) is 43.6. The molecule has 0 saturated heterocycles. The maximum absolute atomic E-state index is 14.0. The van der Waals surface area contributed by atoms with Gasteiger partial charge in [0.05, 0.1) is 57.7 Å². The zero-order valence-electron chi connectivity index (χ0n) is 25.1. The van der Waals surface area contributed by atoms with Crippen LogP contribution in [0.2, 0.25) is 5.02 Å². The Morgan fingerprint density at radius 1 is 1.11 bits per heavy atom. The minimum absolute atomic E-state index is 0.0543. The van der Waals surface area contributed by atoms with E-state index in [-0.39, 0.29) is 40.7 Å². The predicted molar refractivity (Wildman–Crippen MR) is 177 cm³/mol. The molecule has 238 valence electrons. The lowest BCUT2D eigenvalue weighted by Crippen LogP contribution is -2.40. The summed E-state index contributed by atoms with van der Waals surface area (Å²) in [5, 5.41) is 9.51. The van der Waals surface area contributed by atoms with Crippen molar-refractivity contribution in [3.8, 4) is 17.2 Å². The average Bonchev–Trinajstić information content (AvgIpc) is 3.33. The number of hydrogen-bond acceptors (Lipinski definition) is 9. The fourth-order valence-electron chi connectivity index (χ4n) is 5.02. The normalized spacial score (nSPS) is 14.4. The number of benzene rings is 3. The summed E-state index contributed by atoms with van der Waals surface area (Å²) in [7, 11) is 3.02. The quantitative estimate of drug-likeness (QED) is 0.212. The fraction of sp³-hybridized carbons (Fsp3) is 0.212. The van der Waals surface area contributed by atoms with Gasteiger partial charge in [-0.2, -0.15) is 0 Å². The number of fused-ring (bicyclic) bond motifs is 1. The van der Waals surface area contributed by atoms with Gasteiger partial charge in [0.15, 0.2) is 16.3 Å². The third kappa shape index (κ3) is 6.60. The van der Waals surface area contributed by atoms with E-state index in [2.05, 4.69) is 20.9 Å². The number of methoxy groups -OCH3 is 2. The topological polar surface area (TPSA) is 126 Å². The molecule has 1 aromatic heterocycles. The van der Waals surface area contributed by atoms with Gasteiger partial charge < -0.3 is 24.1 Å². The lowest BCUT2D eigenvalue weighted by molar-refractivity contribution is -0.139. The van der Waals surface area contributed by atoms with Crippen LogP contribution in [0.4, 0.5) is 0 Å². The van der Waals surface area contributed by atoms with Crippen LogP contribution < -0.4 is 29.1 Å². The van der Waals surface area contributed by atoms with Crippen molar-refractivity contribution < 1.29 is 33.6 Å². The summed E-state index contributed by atoms with van der Waals surface area (Å²) >= 11 is 11.3. The maximum atomic E-state index is 14.0. The van der Waals surface area contributed by atoms with E-state index in [1.807, 2.05) is 0 Å². The number of ether oxygens (including phenoxy) is 4. The van der Waals surface area contributed by atoms with Crippen LogP contribution in [0.25, 0.3) is 6.08 Å². The molecule has 0 fully saturated rings. The summed E-state index contributed by atoms with van der Waals surface area (Å²) in [6.07, 6.45) is 1.67. The predicted octanol–water partition coefficient (Wildman–Crippen LogP) is 5.51. The molecule has 1 N–H and O–H groups in total. The fourth-order valence-corrected chi connectivity index (χ4v) is 6.90. The number of aromatic nitrogens is 1. The SMILES string of the molecule is CCOC(=O)C1=C(C)N=c2s/c(=C/c3cc(Cl)c(OCc4cccc(C(=O)O)c4)c(OC)c3)c(=O)n2[C@H]1c1ccc(OC)c(Br)c1. The molecule has 0 unspecified atom stereocenters. The van der Waals surface area contributed by atoms with Crippen molar-refractivity contribution in [1.29, 1.82) is 0 Å². The number of halogens is 2. The van der Waals surface area contributed by atoms with Crippen LogP contribution in [0.5, 0.6) is 17.2 Å². The molecule has 0 bridgehead atoms. The number of hydrogen-bond donors (Lipinski definition) is 1. The smallest absolute Gasteiger partial charge is 0.338 e. The Labute approximate surface area is 280 Å². The number of nitrogens with zero attached hydrogens (tertiary/aromatic N) is 2. The zero-order valence-corrected chi connectivity index (χ0v) is 28.3. The summed E-state index contributed by atoms with van der Waals surface area (Å²) in [6.45, 7) is 3.65. The molecule has 2 heterocycles. The Morgan fingerprint density at radius 2 is 1.87 bits per heavy atom. The van der Waals surface area contributed by atoms with E-state index in [1.165, 1.54) is 35.1 Å². The van der Waals surface area contributed by atoms with Gasteiger partial charge in [-0.1, -0.05) is 41.1 Å². The van der Waals surface area contributed by atoms with Gasteiger partial charge in [0.1, 0.15) is 12.4 Å². The monoisotopic (exact) mass is 726 g/mol. The second-order valence-electron chi connectivity index (χ2n) is 10.0. The molecule has 13 heteroatoms. The number of carboxylic acid groups (broad SMARTS) is 1. The maximum Gasteiger partial charge on any atom is 0.338 e. The first-order chi connectivity index (χ1) is 22.1. The number of aromatic carboxylic acids is 1. The van der Waals surface area contributed by atoms with Gasteiger partial charge in [0, 0.05) is 0 Å². The van der Waals surface area contributed by atoms with Gasteiger partial charge in [-0.25, -0.2) is 14.6 Å². The molecule has 1 aliphatic heterocycles. The van der Waals surface area contributed by atoms with Crippen LogP contribution >= 0.6 is 38.9 Å². The van der Waals surface area contributed by atoms with Crippen LogP contribution in [0.15, 0.2) is 80.1 Å². The van der Waals surface area contributed by atoms with E-state index in [0.29, 0.717) is 47.7 Å². The van der Waals surface area contributed by atoms with E-state index < -0.39 is 18.0 Å². The highest BCUT2D eigenvalue weighted by Crippen LogP contribution is 2.38. The number of thiazole rings is 1. The molecule has 1 atom stereocenters. The van der Waals surface area contributed by atoms with Gasteiger partial charge in [0.2, 0.25) is 0 Å². The number of esters is 1. The summed E-state index contributed by atoms with van der Waals surface area (Å²) in [5.74, 6) is -0.411. The van der Waals surface area contributed by atoms with Gasteiger partial charge in [0.25, 0.3) is 5.56 Å². The van der Waals surface area contributed by atoms with Crippen LogP contribution in [0, 0.1) is 0 Å². The van der Waals surface area contributed by atoms with Crippen molar-refractivity contribution in [3.05, 3.63) is 117 Å². The first-order valence-electron chi connectivity index (χ1n) is 13.9. The average molecular weight is 728 g/mol. The summed E-state index contributed by atoms with van der Waals surface area (Å²) in [6, 6.07) is 14.3. The van der Waals surface area contributed by atoms with E-state index in [0.717, 1.165) is 0 Å². The van der Waals surface area contributed by atoms with Crippen molar-refractivity contribution >= 4 is 56.9 Å². The third-order valence-electron chi connectivity index (χ3n) is 7.12. The second kappa shape index (κ2) is 13.9. The molecule has 0 amide bonds. The van der Waals surface area contributed by atoms with Gasteiger partial charge in [-0.15, -0.1) is 0 Å². The minimum Gasteiger partial charge on any atom is -0.496 e. The first kappa shape index (κ1) is 33.0. The second-order valence-corrected chi connectivity index (χ2v) is 12.3. The highest BCUT2D eigenvalue weighted by Gasteiger charge is 2.33. The molecule has 0 saturated carbocycles. The van der Waals surface area contributed by atoms with E-state index in [4.69, 9.17) is 30.5 Å². The Balaban J connectivity index is 1.56. The van der Waals surface area contributed by atoms with Crippen molar-refractivity contribution in [2.24, 2.45) is 4.99 Å². The number of allylic oxidation sites excluding steroid dienone is 1. The van der Waals surface area contributed by atoms with Crippen LogP contribution in [-0.2, 0) is 16.1 Å². The van der Waals surface area contributed by atoms with Gasteiger partial charge >= 0.3 is 11.9 Å². The highest BCUT2D eigenvalue weighted by atomic mass is 79.9. The van der Waals surface area contributed by atoms with Gasteiger partial charge in [-0.05, 0) is 88.9 Å². The van der Waals surface area contributed by atoms with Crippen molar-refractivity contribution in [2.75, 3.05) is 20.8 Å². The molecule has 0 radical (unpaired) electrons. The molecule has 4 aromatic rings. The Hall–Kier alpha value is -4.39. The highest BCUT2D eigenvalue weighted by molar-refractivity contribution is 9.10. The van der Waals surface area contributed by atoms with Crippen LogP contribution in [0.1, 0.15) is 46.9 Å². The van der Waals surface area contributed by atoms with Crippen molar-refractivity contribution in [3.63, 3.8) is 0 Å². The zero-order chi connectivity index (χ0) is 33.1. The lowest BCUT2D eigenvalue weighted by Gasteiger charge is -2.25. The minimum atomic E-state index is -1.04. The number of carboxylic acids is 1. The molecule has 0 aliphatic carbocycles. The molecule has 5 rings (SSSR count). The number of rotatable bonds is 10. The van der Waals surface area contributed by atoms with Crippen molar-refractivity contribution in [1.82, 2.24) is 4.57 Å². The Kier molecular flexibility index (Phi) is 10.00. The standard InChI is InChI=1S/C33H28BrClN2O8S/c1-5-44-32(41)27-17(2)36-33-37(28(27)20-9-10-24(42-3)22(34)15-20)30(38)26(46-33)14-19-12-23(35)29(25(13-19)43-4)45-16-18-7-6-8-21(11-18)31(39)40/h6-15,28H,5,16H2,1-4H3,(H,39,40)/b26-14+/t28-/m0/s1. The molecule has 1 aliphatic rings. The number of carbonyl (C=O) groups is 2. The van der Waals surface area contributed by atoms with Crippen molar-refractivity contribution in [2.45, 2.75) is 26.5 Å². The molecule has 46 heavy (non-hydrogen) atoms. The molecule has 3 aromatic carbocycles. The van der Waals surface area contributed by atoms with E-state index >= 15 is 0 Å². The molecular weight excluding hydrogens is 700 g/mol. The van der Waals surface area contributed by atoms with Crippen LogP contribution in [-0.4, -0.2) is 42.4 Å². The number of carbonyl (C=O) groups excluding carboxylic acids is 1. The van der Waals surface area contributed by atoms with E-state index in [1.54, 1.807) is 69.5 Å². The first-order valence-corrected chi connectivity index (χ1v) is 15.9. The Morgan fingerprint density at radius 3 is 2.54 bits per heavy atom. The van der Waals surface area contributed by atoms with E-state index in [9.17, 15) is 19.5 Å². The molecule has 10 nitrogen and oxygen atoms in total. The third-order valence-corrected chi connectivity index (χ3v) is 9.00. The molecular formula is C33H28BrClN2O8S. The van der Waals surface area contributed by atoms with Crippen LogP contribution in [0.3, 0.4) is 0 Å². The Bertz CT molecular complexity index is 2070. The molecule has 0 spiro atoms.